The number of alkyl halides is 2. The number of pyridine rings is 1. The first-order valence-electron chi connectivity index (χ1n) is 21.4. The SMILES string of the molecule is C=C[C@@H]1C[C@]1(CC(=O)[C@@H]1C[C@@H](Oc2cc(-c3csc(C(C)C)n3)nc3c(C)c(OC)ccc23)CN1C(=O)[C@@H](CC(=O)N1CCCC(F)(F)C1)C(C)(C)C)C(=O)NS(=O)(=O)C1CC1. The lowest BCUT2D eigenvalue weighted by molar-refractivity contribution is -0.151. The summed E-state index contributed by atoms with van der Waals surface area (Å²) in [7, 11) is -2.35. The zero-order chi connectivity index (χ0) is 45.1. The first-order chi connectivity index (χ1) is 29.1. The molecule has 4 fully saturated rings. The van der Waals surface area contributed by atoms with Crippen molar-refractivity contribution in [2.45, 2.75) is 122 Å². The van der Waals surface area contributed by atoms with Crippen LogP contribution >= 0.6 is 11.3 Å². The maximum atomic E-state index is 15.0. The third-order valence-corrected chi connectivity index (χ3v) is 15.8. The van der Waals surface area contributed by atoms with E-state index >= 15 is 0 Å². The molecule has 5 atom stereocenters. The number of nitrogens with zero attached hydrogens (tertiary/aromatic N) is 4. The van der Waals surface area contributed by atoms with Crippen LogP contribution in [0.5, 0.6) is 11.5 Å². The van der Waals surface area contributed by atoms with Crippen LogP contribution in [-0.2, 0) is 29.2 Å². The Labute approximate surface area is 366 Å². The molecule has 4 heterocycles. The van der Waals surface area contributed by atoms with E-state index in [9.17, 15) is 36.4 Å². The summed E-state index contributed by atoms with van der Waals surface area (Å²) in [5, 5.41) is 2.87. The summed E-state index contributed by atoms with van der Waals surface area (Å²) in [6.07, 6.45) is 1.01. The van der Waals surface area contributed by atoms with Crippen LogP contribution in [0.3, 0.4) is 0 Å². The van der Waals surface area contributed by atoms with Crippen LogP contribution in [0.2, 0.25) is 0 Å². The van der Waals surface area contributed by atoms with Crippen molar-refractivity contribution in [2.24, 2.45) is 22.7 Å². The van der Waals surface area contributed by atoms with E-state index < -0.39 is 86.1 Å². The fraction of sp³-hybridized carbons (Fsp3) is 0.600. The van der Waals surface area contributed by atoms with Gasteiger partial charge in [0.05, 0.1) is 64.7 Å². The van der Waals surface area contributed by atoms with Gasteiger partial charge in [-0.15, -0.1) is 17.9 Å². The van der Waals surface area contributed by atoms with Crippen LogP contribution in [-0.4, -0.2) is 102 Å². The summed E-state index contributed by atoms with van der Waals surface area (Å²) in [6, 6.07) is 4.31. The molecule has 2 aromatic heterocycles. The maximum Gasteiger partial charge on any atom is 0.265 e. The Hall–Kier alpha value is -4.51. The number of rotatable bonds is 15. The normalized spacial score (nSPS) is 24.2. The number of methoxy groups -OCH3 is 1. The number of fused-ring (bicyclic) bond motifs is 1. The summed E-state index contributed by atoms with van der Waals surface area (Å²) in [4.78, 5) is 69.5. The predicted molar refractivity (Wildman–Crippen MR) is 232 cm³/mol. The number of carbonyl (C=O) groups excluding carboxylic acids is 4. The topological polar surface area (TPSA) is 165 Å². The van der Waals surface area contributed by atoms with E-state index in [1.807, 2.05) is 24.4 Å². The molecular weight excluding hydrogens is 841 g/mol. The summed E-state index contributed by atoms with van der Waals surface area (Å²) in [6.45, 7) is 14.6. The molecule has 7 rings (SSSR count). The molecule has 2 aliphatic heterocycles. The Bertz CT molecular complexity index is 2390. The van der Waals surface area contributed by atoms with Crippen LogP contribution in [0.15, 0.2) is 36.2 Å². The molecule has 0 bridgehead atoms. The average Bonchev–Trinajstić information content (AvgIpc) is 4.08. The maximum absolute atomic E-state index is 15.0. The van der Waals surface area contributed by atoms with E-state index in [1.54, 1.807) is 40.0 Å². The number of piperidine rings is 1. The lowest BCUT2D eigenvalue weighted by Crippen LogP contribution is -2.51. The number of sulfonamides is 1. The molecule has 2 saturated heterocycles. The quantitative estimate of drug-likeness (QED) is 0.154. The minimum atomic E-state index is -3.92. The van der Waals surface area contributed by atoms with Gasteiger partial charge in [0.25, 0.3) is 5.92 Å². The third-order valence-electron chi connectivity index (χ3n) is 12.9. The second-order valence-corrected chi connectivity index (χ2v) is 21.8. The number of thiazole rings is 1. The zero-order valence-corrected chi connectivity index (χ0v) is 38.1. The van der Waals surface area contributed by atoms with Crippen LogP contribution in [0.4, 0.5) is 8.78 Å². The molecule has 17 heteroatoms. The standard InChI is InChI=1S/C45H57F2N5O8S2/c1-9-27-20-44(27,42(56)50-62(57,58)29-11-12-29)21-35(53)34-17-28(22-52(34)41(55)31(43(5,6)7)18-38(54)51-16-10-15-45(46,47)24-51)60-37-19-32(33-23-61-40(49-33)25(2)3)48-39-26(4)36(59-8)14-13-30(37)39/h9,13-14,19,23,25,27-29,31,34H,1,10-12,15-18,20-22,24H2,2-8H3,(H,50,56)/t27-,28-,31-,34+,44-/m1/s1. The average molecular weight is 898 g/mol. The smallest absolute Gasteiger partial charge is 0.265 e. The van der Waals surface area contributed by atoms with Gasteiger partial charge in [0.15, 0.2) is 5.78 Å². The Morgan fingerprint density at radius 2 is 1.84 bits per heavy atom. The van der Waals surface area contributed by atoms with Crippen molar-refractivity contribution in [3.63, 3.8) is 0 Å². The minimum Gasteiger partial charge on any atom is -0.496 e. The number of amides is 3. The zero-order valence-electron chi connectivity index (χ0n) is 36.5. The predicted octanol–water partition coefficient (Wildman–Crippen LogP) is 7.22. The van der Waals surface area contributed by atoms with Gasteiger partial charge in [-0.3, -0.25) is 23.9 Å². The van der Waals surface area contributed by atoms with E-state index in [0.29, 0.717) is 46.6 Å². The molecule has 62 heavy (non-hydrogen) atoms. The van der Waals surface area contributed by atoms with Crippen LogP contribution in [0.1, 0.15) is 102 Å². The highest BCUT2D eigenvalue weighted by molar-refractivity contribution is 7.90. The number of carbonyl (C=O) groups is 4. The molecule has 4 aliphatic rings. The molecule has 0 unspecified atom stereocenters. The van der Waals surface area contributed by atoms with Gasteiger partial charge in [0.1, 0.15) is 17.6 Å². The van der Waals surface area contributed by atoms with Gasteiger partial charge >= 0.3 is 0 Å². The number of likely N-dealkylation sites (tertiary alicyclic amines) is 2. The second kappa shape index (κ2) is 16.9. The number of allylic oxidation sites excluding steroid dienone is 1. The van der Waals surface area contributed by atoms with E-state index in [1.165, 1.54) is 16.2 Å². The second-order valence-electron chi connectivity index (χ2n) is 18.9. The molecule has 0 radical (unpaired) electrons. The van der Waals surface area contributed by atoms with Crippen LogP contribution < -0.4 is 14.2 Å². The number of nitrogens with one attached hydrogen (secondary N) is 1. The van der Waals surface area contributed by atoms with Crippen molar-refractivity contribution in [1.29, 1.82) is 0 Å². The van der Waals surface area contributed by atoms with E-state index in [4.69, 9.17) is 19.4 Å². The highest BCUT2D eigenvalue weighted by atomic mass is 32.2. The van der Waals surface area contributed by atoms with E-state index in [0.717, 1.165) is 15.5 Å². The number of hydrogen-bond donors (Lipinski definition) is 1. The first-order valence-corrected chi connectivity index (χ1v) is 23.8. The number of benzene rings is 1. The molecule has 3 aromatic rings. The number of Topliss-reactive ketones (excluding diaryl/α,β-unsaturated/α-hetero) is 1. The first kappa shape index (κ1) is 45.5. The van der Waals surface area contributed by atoms with Gasteiger partial charge in [-0.25, -0.2) is 27.2 Å². The summed E-state index contributed by atoms with van der Waals surface area (Å²) in [5.41, 5.74) is 0.380. The van der Waals surface area contributed by atoms with Gasteiger partial charge in [0.2, 0.25) is 27.7 Å². The fourth-order valence-corrected chi connectivity index (χ4v) is 11.1. The Morgan fingerprint density at radius 1 is 1.11 bits per heavy atom. The van der Waals surface area contributed by atoms with Crippen molar-refractivity contribution in [2.75, 3.05) is 26.7 Å². The van der Waals surface area contributed by atoms with Crippen molar-refractivity contribution in [3.8, 4) is 22.9 Å². The minimum absolute atomic E-state index is 0.0209. The molecule has 336 valence electrons. The number of ketones is 1. The third kappa shape index (κ3) is 9.25. The van der Waals surface area contributed by atoms with E-state index in [-0.39, 0.29) is 57.5 Å². The number of aromatic nitrogens is 2. The Balaban J connectivity index is 1.23. The number of hydrogen-bond acceptors (Lipinski definition) is 11. The Morgan fingerprint density at radius 3 is 2.44 bits per heavy atom. The molecule has 13 nitrogen and oxygen atoms in total. The lowest BCUT2D eigenvalue weighted by atomic mass is 9.77. The van der Waals surface area contributed by atoms with Gasteiger partial charge in [0, 0.05) is 60.5 Å². The summed E-state index contributed by atoms with van der Waals surface area (Å²) >= 11 is 1.52. The molecule has 3 amide bonds. The Kier molecular flexibility index (Phi) is 12.4. The molecular formula is C45H57F2N5O8S2. The number of aryl methyl sites for hydroxylation is 1. The number of halogens is 2. The molecule has 1 N–H and O–H groups in total. The molecule has 2 aliphatic carbocycles. The van der Waals surface area contributed by atoms with Crippen molar-refractivity contribution < 1.29 is 45.9 Å². The molecule has 2 saturated carbocycles. The van der Waals surface area contributed by atoms with E-state index in [2.05, 4.69) is 25.1 Å². The van der Waals surface area contributed by atoms with Gasteiger partial charge in [-0.1, -0.05) is 40.7 Å². The highest BCUT2D eigenvalue weighted by Crippen LogP contribution is 2.57. The monoisotopic (exact) mass is 897 g/mol. The van der Waals surface area contributed by atoms with Crippen molar-refractivity contribution >= 4 is 55.8 Å². The van der Waals surface area contributed by atoms with Crippen LogP contribution in [0.25, 0.3) is 22.3 Å². The van der Waals surface area contributed by atoms with Gasteiger partial charge < -0.3 is 19.3 Å². The fourth-order valence-electron chi connectivity index (χ4n) is 8.87. The highest BCUT2D eigenvalue weighted by Gasteiger charge is 2.61. The summed E-state index contributed by atoms with van der Waals surface area (Å²) < 4.78 is 69.3. The molecule has 0 spiro atoms. The largest absolute Gasteiger partial charge is 0.496 e. The van der Waals surface area contributed by atoms with Crippen molar-refractivity contribution in [3.05, 3.63) is 46.8 Å². The summed E-state index contributed by atoms with van der Waals surface area (Å²) in [5.74, 6) is -5.59. The lowest BCUT2D eigenvalue weighted by Gasteiger charge is -2.37. The van der Waals surface area contributed by atoms with Gasteiger partial charge in [-0.05, 0) is 56.1 Å². The molecule has 1 aromatic carbocycles. The van der Waals surface area contributed by atoms with Crippen molar-refractivity contribution in [1.82, 2.24) is 24.5 Å². The van der Waals surface area contributed by atoms with Crippen LogP contribution in [0, 0.1) is 29.6 Å². The number of ether oxygens (including phenoxy) is 2. The van der Waals surface area contributed by atoms with Gasteiger partial charge in [-0.2, -0.15) is 0 Å².